The number of H-pyrrole nitrogens is 1. The van der Waals surface area contributed by atoms with Crippen LogP contribution in [-0.4, -0.2) is 22.3 Å². The Hall–Kier alpha value is -2.95. The molecule has 0 bridgehead atoms. The summed E-state index contributed by atoms with van der Waals surface area (Å²) in [5.41, 5.74) is 1.80. The molecule has 0 atom stereocenters. The van der Waals surface area contributed by atoms with E-state index in [1.807, 2.05) is 37.3 Å². The van der Waals surface area contributed by atoms with Crippen LogP contribution < -0.4 is 5.56 Å². The van der Waals surface area contributed by atoms with E-state index in [1.54, 1.807) is 17.0 Å². The molecule has 1 N–H and O–H groups in total. The third kappa shape index (κ3) is 4.17. The Bertz CT molecular complexity index is 967. The molecule has 134 valence electrons. The molecule has 0 fully saturated rings. The van der Waals surface area contributed by atoms with Gasteiger partial charge in [0.1, 0.15) is 5.82 Å². The molecule has 1 amide bonds. The summed E-state index contributed by atoms with van der Waals surface area (Å²) in [6.45, 7) is 3.11. The third-order valence-corrected chi connectivity index (χ3v) is 4.44. The van der Waals surface area contributed by atoms with E-state index >= 15 is 0 Å². The number of aromatic nitrogens is 1. The molecular formula is C21H21FN2O2. The summed E-state index contributed by atoms with van der Waals surface area (Å²) >= 11 is 0. The SMILES string of the molecule is CCN(Cc1ccccc1)C(=O)CCc1cc2ccc(F)cc2[nH]c1=O. The van der Waals surface area contributed by atoms with Crippen LogP contribution in [0.3, 0.4) is 0 Å². The average Bonchev–Trinajstić information content (AvgIpc) is 2.65. The highest BCUT2D eigenvalue weighted by Crippen LogP contribution is 2.14. The number of amides is 1. The molecule has 0 radical (unpaired) electrons. The number of hydrogen-bond donors (Lipinski definition) is 1. The van der Waals surface area contributed by atoms with E-state index in [9.17, 15) is 14.0 Å². The highest BCUT2D eigenvalue weighted by molar-refractivity contribution is 5.79. The molecule has 0 saturated heterocycles. The molecule has 0 aliphatic heterocycles. The largest absolute Gasteiger partial charge is 0.339 e. The van der Waals surface area contributed by atoms with E-state index in [4.69, 9.17) is 0 Å². The normalized spacial score (nSPS) is 10.8. The van der Waals surface area contributed by atoms with Crippen molar-refractivity contribution in [3.63, 3.8) is 0 Å². The van der Waals surface area contributed by atoms with Crippen molar-refractivity contribution < 1.29 is 9.18 Å². The number of halogens is 1. The Kier molecular flexibility index (Phi) is 5.46. The number of nitrogens with one attached hydrogen (secondary N) is 1. The predicted molar refractivity (Wildman–Crippen MR) is 100 cm³/mol. The Morgan fingerprint density at radius 1 is 1.12 bits per heavy atom. The number of aryl methyl sites for hydroxylation is 1. The van der Waals surface area contributed by atoms with Gasteiger partial charge >= 0.3 is 0 Å². The highest BCUT2D eigenvalue weighted by atomic mass is 19.1. The summed E-state index contributed by atoms with van der Waals surface area (Å²) in [7, 11) is 0. The van der Waals surface area contributed by atoms with Crippen molar-refractivity contribution in [3.05, 3.63) is 81.9 Å². The van der Waals surface area contributed by atoms with Gasteiger partial charge in [-0.1, -0.05) is 30.3 Å². The van der Waals surface area contributed by atoms with E-state index in [0.29, 0.717) is 30.6 Å². The first-order valence-electron chi connectivity index (χ1n) is 8.70. The topological polar surface area (TPSA) is 53.2 Å². The minimum atomic E-state index is -0.393. The summed E-state index contributed by atoms with van der Waals surface area (Å²) in [4.78, 5) is 29.2. The lowest BCUT2D eigenvalue weighted by molar-refractivity contribution is -0.131. The number of carbonyl (C=O) groups is 1. The highest BCUT2D eigenvalue weighted by Gasteiger charge is 2.13. The number of hydrogen-bond acceptors (Lipinski definition) is 2. The van der Waals surface area contributed by atoms with E-state index in [0.717, 1.165) is 10.9 Å². The van der Waals surface area contributed by atoms with Crippen LogP contribution in [0.4, 0.5) is 4.39 Å². The van der Waals surface area contributed by atoms with Crippen LogP contribution in [0.15, 0.2) is 59.4 Å². The number of benzene rings is 2. The van der Waals surface area contributed by atoms with E-state index < -0.39 is 5.82 Å². The van der Waals surface area contributed by atoms with Gasteiger partial charge in [-0.15, -0.1) is 0 Å². The van der Waals surface area contributed by atoms with Gasteiger partial charge in [0.2, 0.25) is 5.91 Å². The number of rotatable bonds is 6. The molecule has 0 unspecified atom stereocenters. The minimum absolute atomic E-state index is 0.00922. The molecule has 3 rings (SSSR count). The lowest BCUT2D eigenvalue weighted by atomic mass is 10.1. The van der Waals surface area contributed by atoms with Crippen molar-refractivity contribution in [3.8, 4) is 0 Å². The molecule has 0 aliphatic rings. The van der Waals surface area contributed by atoms with Gasteiger partial charge in [-0.25, -0.2) is 4.39 Å². The van der Waals surface area contributed by atoms with E-state index in [-0.39, 0.29) is 17.9 Å². The Morgan fingerprint density at radius 2 is 1.88 bits per heavy atom. The molecule has 1 heterocycles. The van der Waals surface area contributed by atoms with Gasteiger partial charge in [-0.2, -0.15) is 0 Å². The molecule has 1 aromatic heterocycles. The first-order valence-corrected chi connectivity index (χ1v) is 8.70. The van der Waals surface area contributed by atoms with Crippen molar-refractivity contribution >= 4 is 16.8 Å². The lowest BCUT2D eigenvalue weighted by Gasteiger charge is -2.21. The molecule has 0 saturated carbocycles. The summed E-state index contributed by atoms with van der Waals surface area (Å²) in [6.07, 6.45) is 0.614. The minimum Gasteiger partial charge on any atom is -0.339 e. The maximum absolute atomic E-state index is 13.3. The van der Waals surface area contributed by atoms with Crippen LogP contribution in [0.2, 0.25) is 0 Å². The van der Waals surface area contributed by atoms with Crippen LogP contribution >= 0.6 is 0 Å². The fourth-order valence-corrected chi connectivity index (χ4v) is 2.98. The molecule has 0 spiro atoms. The molecule has 2 aromatic carbocycles. The number of pyridine rings is 1. The molecule has 26 heavy (non-hydrogen) atoms. The zero-order chi connectivity index (χ0) is 18.5. The van der Waals surface area contributed by atoms with Crippen LogP contribution in [0.1, 0.15) is 24.5 Å². The van der Waals surface area contributed by atoms with Gasteiger partial charge in [0.25, 0.3) is 5.56 Å². The van der Waals surface area contributed by atoms with Gasteiger partial charge in [0.05, 0.1) is 5.52 Å². The molecule has 0 aliphatic carbocycles. The first kappa shape index (κ1) is 17.9. The van der Waals surface area contributed by atoms with Crippen molar-refractivity contribution in [2.45, 2.75) is 26.3 Å². The van der Waals surface area contributed by atoms with Gasteiger partial charge in [0.15, 0.2) is 0 Å². The smallest absolute Gasteiger partial charge is 0.251 e. The maximum Gasteiger partial charge on any atom is 0.251 e. The average molecular weight is 352 g/mol. The van der Waals surface area contributed by atoms with Crippen molar-refractivity contribution in [1.29, 1.82) is 0 Å². The van der Waals surface area contributed by atoms with E-state index in [2.05, 4.69) is 4.98 Å². The summed E-state index contributed by atoms with van der Waals surface area (Å²) in [5.74, 6) is -0.384. The lowest BCUT2D eigenvalue weighted by Crippen LogP contribution is -2.30. The van der Waals surface area contributed by atoms with Crippen molar-refractivity contribution in [1.82, 2.24) is 9.88 Å². The maximum atomic E-state index is 13.3. The fourth-order valence-electron chi connectivity index (χ4n) is 2.98. The summed E-state index contributed by atoms with van der Waals surface area (Å²) < 4.78 is 13.3. The van der Waals surface area contributed by atoms with Crippen molar-refractivity contribution in [2.75, 3.05) is 6.54 Å². The van der Waals surface area contributed by atoms with Crippen LogP contribution in [0.5, 0.6) is 0 Å². The van der Waals surface area contributed by atoms with Crippen molar-refractivity contribution in [2.24, 2.45) is 0 Å². The summed E-state index contributed by atoms with van der Waals surface area (Å²) in [5, 5.41) is 0.755. The number of carbonyl (C=O) groups excluding carboxylic acids is 1. The second-order valence-corrected chi connectivity index (χ2v) is 6.25. The first-order chi connectivity index (χ1) is 12.6. The van der Waals surface area contributed by atoms with E-state index in [1.165, 1.54) is 12.1 Å². The van der Waals surface area contributed by atoms with Crippen LogP contribution in [0.25, 0.3) is 10.9 Å². The molecule has 4 nitrogen and oxygen atoms in total. The fraction of sp³-hybridized carbons (Fsp3) is 0.238. The van der Waals surface area contributed by atoms with Gasteiger partial charge in [0, 0.05) is 25.1 Å². The predicted octanol–water partition coefficient (Wildman–Crippen LogP) is 3.65. The Balaban J connectivity index is 1.70. The zero-order valence-corrected chi connectivity index (χ0v) is 14.7. The zero-order valence-electron chi connectivity index (χ0n) is 14.7. The number of fused-ring (bicyclic) bond motifs is 1. The third-order valence-electron chi connectivity index (χ3n) is 4.44. The summed E-state index contributed by atoms with van der Waals surface area (Å²) in [6, 6.07) is 15.8. The number of nitrogens with zero attached hydrogens (tertiary/aromatic N) is 1. The second-order valence-electron chi connectivity index (χ2n) is 6.25. The Labute approximate surface area is 151 Å². The van der Waals surface area contributed by atoms with Gasteiger partial charge in [-0.05, 0) is 48.6 Å². The molecular weight excluding hydrogens is 331 g/mol. The standard InChI is InChI=1S/C21H21FN2O2/c1-2-24(14-15-6-4-3-5-7-15)20(25)11-9-17-12-16-8-10-18(22)13-19(16)23-21(17)26/h3-8,10,12-13H,2,9,11,14H2,1H3,(H,23,26). The van der Waals surface area contributed by atoms with Gasteiger partial charge in [-0.3, -0.25) is 9.59 Å². The van der Waals surface area contributed by atoms with Crippen LogP contribution in [-0.2, 0) is 17.8 Å². The number of aromatic amines is 1. The van der Waals surface area contributed by atoms with Crippen LogP contribution in [0, 0.1) is 5.82 Å². The molecule has 3 aromatic rings. The van der Waals surface area contributed by atoms with Gasteiger partial charge < -0.3 is 9.88 Å². The second kappa shape index (κ2) is 7.95. The Morgan fingerprint density at radius 3 is 2.62 bits per heavy atom. The quantitative estimate of drug-likeness (QED) is 0.736. The monoisotopic (exact) mass is 352 g/mol. The molecule has 5 heteroatoms.